The van der Waals surface area contributed by atoms with Gasteiger partial charge < -0.3 is 19.9 Å². The molecule has 2 saturated heterocycles. The third-order valence-corrected chi connectivity index (χ3v) is 5.53. The SMILES string of the molecule is COc1cc(Sc2ccc(C(=O)NC3CC4CCC3N4)cc2)no1. The average Bonchev–Trinajstić information content (AvgIpc) is 3.32. The van der Waals surface area contributed by atoms with Gasteiger partial charge in [0.2, 0.25) is 0 Å². The lowest BCUT2D eigenvalue weighted by atomic mass is 9.95. The number of hydrogen-bond donors (Lipinski definition) is 2. The number of methoxy groups -OCH3 is 1. The van der Waals surface area contributed by atoms with Crippen LogP contribution in [0.25, 0.3) is 0 Å². The van der Waals surface area contributed by atoms with Crippen molar-refractivity contribution in [1.82, 2.24) is 15.8 Å². The molecule has 0 saturated carbocycles. The van der Waals surface area contributed by atoms with Gasteiger partial charge in [0.25, 0.3) is 5.91 Å². The van der Waals surface area contributed by atoms with E-state index in [1.807, 2.05) is 24.3 Å². The molecule has 6 nitrogen and oxygen atoms in total. The molecular weight excluding hydrogens is 326 g/mol. The van der Waals surface area contributed by atoms with Crippen LogP contribution in [0.3, 0.4) is 0 Å². The van der Waals surface area contributed by atoms with Gasteiger partial charge in [0.1, 0.15) is 5.03 Å². The first-order valence-corrected chi connectivity index (χ1v) is 8.88. The minimum Gasteiger partial charge on any atom is -0.467 e. The zero-order valence-corrected chi connectivity index (χ0v) is 14.1. The lowest BCUT2D eigenvalue weighted by molar-refractivity contribution is 0.0931. The topological polar surface area (TPSA) is 76.4 Å². The number of aromatic nitrogens is 1. The molecule has 2 aliphatic heterocycles. The molecule has 4 rings (SSSR count). The maximum atomic E-state index is 12.4. The number of nitrogens with one attached hydrogen (secondary N) is 2. The van der Waals surface area contributed by atoms with E-state index in [0.717, 1.165) is 22.8 Å². The van der Waals surface area contributed by atoms with Gasteiger partial charge in [-0.1, -0.05) is 16.9 Å². The highest BCUT2D eigenvalue weighted by molar-refractivity contribution is 7.99. The number of ether oxygens (including phenoxy) is 1. The summed E-state index contributed by atoms with van der Waals surface area (Å²) in [5, 5.41) is 11.3. The van der Waals surface area contributed by atoms with Crippen LogP contribution in [0.2, 0.25) is 0 Å². The number of rotatable bonds is 5. The molecule has 1 aromatic heterocycles. The molecule has 0 aliphatic carbocycles. The molecule has 2 aromatic rings. The first-order chi connectivity index (χ1) is 11.7. The van der Waals surface area contributed by atoms with Gasteiger partial charge in [0.05, 0.1) is 13.2 Å². The lowest BCUT2D eigenvalue weighted by Crippen LogP contribution is -2.42. The monoisotopic (exact) mass is 345 g/mol. The summed E-state index contributed by atoms with van der Waals surface area (Å²) in [6, 6.07) is 10.5. The maximum Gasteiger partial charge on any atom is 0.312 e. The van der Waals surface area contributed by atoms with E-state index in [-0.39, 0.29) is 11.9 Å². The molecule has 2 N–H and O–H groups in total. The number of amides is 1. The molecule has 3 atom stereocenters. The Bertz CT molecular complexity index is 731. The number of carbonyl (C=O) groups excluding carboxylic acids is 1. The molecule has 7 heteroatoms. The molecule has 2 bridgehead atoms. The van der Waals surface area contributed by atoms with Crippen molar-refractivity contribution in [2.24, 2.45) is 0 Å². The third kappa shape index (κ3) is 3.14. The van der Waals surface area contributed by atoms with Crippen LogP contribution in [-0.4, -0.2) is 36.3 Å². The fourth-order valence-electron chi connectivity index (χ4n) is 3.42. The smallest absolute Gasteiger partial charge is 0.312 e. The predicted octanol–water partition coefficient (Wildman–Crippen LogP) is 2.46. The molecule has 2 fully saturated rings. The van der Waals surface area contributed by atoms with E-state index in [2.05, 4.69) is 15.8 Å². The van der Waals surface area contributed by atoms with E-state index >= 15 is 0 Å². The Morgan fingerprint density at radius 1 is 1.38 bits per heavy atom. The summed E-state index contributed by atoms with van der Waals surface area (Å²) in [6.45, 7) is 0. The van der Waals surface area contributed by atoms with Gasteiger partial charge in [-0.3, -0.25) is 4.79 Å². The standard InChI is InChI=1S/C17H19N3O3S/c1-22-16-9-15(20-23-16)24-12-5-2-10(3-6-12)17(21)19-14-8-11-4-7-13(14)18-11/h2-3,5-6,9,11,13-14,18H,4,7-8H2,1H3,(H,19,21). The zero-order chi connectivity index (χ0) is 16.5. The van der Waals surface area contributed by atoms with Crippen molar-refractivity contribution in [2.45, 2.75) is 47.3 Å². The van der Waals surface area contributed by atoms with Crippen LogP contribution in [0, 0.1) is 0 Å². The Balaban J connectivity index is 1.37. The van der Waals surface area contributed by atoms with E-state index in [9.17, 15) is 4.79 Å². The summed E-state index contributed by atoms with van der Waals surface area (Å²) in [7, 11) is 1.54. The van der Waals surface area contributed by atoms with Crippen molar-refractivity contribution in [1.29, 1.82) is 0 Å². The van der Waals surface area contributed by atoms with Gasteiger partial charge in [0.15, 0.2) is 0 Å². The summed E-state index contributed by atoms with van der Waals surface area (Å²) in [4.78, 5) is 13.4. The largest absolute Gasteiger partial charge is 0.467 e. The number of hydrogen-bond acceptors (Lipinski definition) is 6. The molecular formula is C17H19N3O3S. The van der Waals surface area contributed by atoms with Crippen molar-refractivity contribution in [3.8, 4) is 5.95 Å². The van der Waals surface area contributed by atoms with Crippen molar-refractivity contribution in [3.63, 3.8) is 0 Å². The van der Waals surface area contributed by atoms with Crippen LogP contribution >= 0.6 is 11.8 Å². The molecule has 2 aliphatic rings. The third-order valence-electron chi connectivity index (χ3n) is 4.62. The van der Waals surface area contributed by atoms with E-state index in [1.54, 1.807) is 6.07 Å². The highest BCUT2D eigenvalue weighted by atomic mass is 32.2. The Morgan fingerprint density at radius 3 is 2.83 bits per heavy atom. The minimum absolute atomic E-state index is 0.00555. The highest BCUT2D eigenvalue weighted by Crippen LogP contribution is 2.30. The lowest BCUT2D eigenvalue weighted by Gasteiger charge is -2.21. The van der Waals surface area contributed by atoms with Crippen LogP contribution in [-0.2, 0) is 0 Å². The van der Waals surface area contributed by atoms with Gasteiger partial charge in [-0.15, -0.1) is 0 Å². The van der Waals surface area contributed by atoms with Crippen LogP contribution in [0.5, 0.6) is 5.95 Å². The van der Waals surface area contributed by atoms with Gasteiger partial charge in [-0.25, -0.2) is 0 Å². The Morgan fingerprint density at radius 2 is 2.21 bits per heavy atom. The number of fused-ring (bicyclic) bond motifs is 2. The van der Waals surface area contributed by atoms with Crippen LogP contribution in [0.15, 0.2) is 44.8 Å². The fraction of sp³-hybridized carbons (Fsp3) is 0.412. The van der Waals surface area contributed by atoms with Crippen molar-refractivity contribution >= 4 is 17.7 Å². The molecule has 0 spiro atoms. The Hall–Kier alpha value is -1.99. The number of benzene rings is 1. The molecule has 3 unspecified atom stereocenters. The number of carbonyl (C=O) groups is 1. The van der Waals surface area contributed by atoms with Gasteiger partial charge in [-0.05, 0) is 43.5 Å². The fourth-order valence-corrected chi connectivity index (χ4v) is 4.16. The Kier molecular flexibility index (Phi) is 4.20. The molecule has 1 amide bonds. The molecule has 24 heavy (non-hydrogen) atoms. The summed E-state index contributed by atoms with van der Waals surface area (Å²) < 4.78 is 9.95. The first kappa shape index (κ1) is 15.5. The summed E-state index contributed by atoms with van der Waals surface area (Å²) in [5.74, 6) is 0.377. The van der Waals surface area contributed by atoms with Crippen LogP contribution in [0.1, 0.15) is 29.6 Å². The second-order valence-electron chi connectivity index (χ2n) is 6.18. The van der Waals surface area contributed by atoms with Gasteiger partial charge in [-0.2, -0.15) is 0 Å². The maximum absolute atomic E-state index is 12.4. The summed E-state index contributed by atoms with van der Waals surface area (Å²) >= 11 is 1.46. The van der Waals surface area contributed by atoms with Crippen LogP contribution < -0.4 is 15.4 Å². The van der Waals surface area contributed by atoms with Crippen molar-refractivity contribution in [2.75, 3.05) is 7.11 Å². The summed E-state index contributed by atoms with van der Waals surface area (Å²) in [5.41, 5.74) is 0.680. The van der Waals surface area contributed by atoms with Crippen molar-refractivity contribution < 1.29 is 14.1 Å². The average molecular weight is 345 g/mol. The minimum atomic E-state index is -0.00555. The normalized spacial score (nSPS) is 25.0. The quantitative estimate of drug-likeness (QED) is 0.867. The first-order valence-electron chi connectivity index (χ1n) is 8.07. The van der Waals surface area contributed by atoms with Gasteiger partial charge >= 0.3 is 5.95 Å². The van der Waals surface area contributed by atoms with E-state index in [4.69, 9.17) is 9.26 Å². The van der Waals surface area contributed by atoms with Gasteiger partial charge in [0, 0.05) is 28.6 Å². The predicted molar refractivity (Wildman–Crippen MR) is 89.4 cm³/mol. The van der Waals surface area contributed by atoms with E-state index < -0.39 is 0 Å². The molecule has 0 radical (unpaired) electrons. The molecule has 3 heterocycles. The van der Waals surface area contributed by atoms with E-state index in [1.165, 1.54) is 25.3 Å². The van der Waals surface area contributed by atoms with Crippen LogP contribution in [0.4, 0.5) is 0 Å². The molecule has 126 valence electrons. The second kappa shape index (κ2) is 6.49. The second-order valence-corrected chi connectivity index (χ2v) is 7.27. The summed E-state index contributed by atoms with van der Waals surface area (Å²) in [6.07, 6.45) is 3.43. The van der Waals surface area contributed by atoms with E-state index in [0.29, 0.717) is 23.6 Å². The Labute approximate surface area is 144 Å². The highest BCUT2D eigenvalue weighted by Gasteiger charge is 2.39. The zero-order valence-electron chi connectivity index (χ0n) is 13.3. The number of nitrogens with zero attached hydrogens (tertiary/aromatic N) is 1. The molecule has 1 aromatic carbocycles. The van der Waals surface area contributed by atoms with Crippen molar-refractivity contribution in [3.05, 3.63) is 35.9 Å².